The predicted octanol–water partition coefficient (Wildman–Crippen LogP) is 1.93. The van der Waals surface area contributed by atoms with Crippen LogP contribution in [0.4, 0.5) is 5.69 Å². The fraction of sp³-hybridized carbons (Fsp3) is 0. The van der Waals surface area contributed by atoms with Crippen LogP contribution in [0.3, 0.4) is 0 Å². The van der Waals surface area contributed by atoms with Gasteiger partial charge in [0.25, 0.3) is 0 Å². The van der Waals surface area contributed by atoms with Gasteiger partial charge in [-0.2, -0.15) is 0 Å². The van der Waals surface area contributed by atoms with Gasteiger partial charge >= 0.3 is 0 Å². The van der Waals surface area contributed by atoms with Crippen molar-refractivity contribution in [2.45, 2.75) is 0 Å². The molecule has 75 valence electrons. The lowest BCUT2D eigenvalue weighted by molar-refractivity contribution is -0.111. The molecular formula is C12H10NO2. The molecule has 0 fully saturated rings. The van der Waals surface area contributed by atoms with Crippen LogP contribution >= 0.6 is 0 Å². The van der Waals surface area contributed by atoms with Crippen molar-refractivity contribution >= 4 is 24.0 Å². The molecule has 0 spiro atoms. The summed E-state index contributed by atoms with van der Waals surface area (Å²) < 4.78 is 0. The largest absolute Gasteiger partial charge is 0.322 e. The van der Waals surface area contributed by atoms with E-state index in [1.165, 1.54) is 12.2 Å². The Balaban J connectivity index is 2.95. The Hall–Kier alpha value is -2.16. The number of rotatable bonds is 4. The van der Waals surface area contributed by atoms with E-state index >= 15 is 0 Å². The number of nitrogens with one attached hydrogen (secondary N) is 1. The Morgan fingerprint density at radius 1 is 1.40 bits per heavy atom. The van der Waals surface area contributed by atoms with Crippen molar-refractivity contribution in [2.75, 3.05) is 5.32 Å². The summed E-state index contributed by atoms with van der Waals surface area (Å²) in [6, 6.07) is 7.13. The molecule has 0 aromatic heterocycles. The molecule has 3 nitrogen and oxygen atoms in total. The zero-order valence-corrected chi connectivity index (χ0v) is 8.07. The first kappa shape index (κ1) is 10.9. The minimum absolute atomic E-state index is 0.286. The Labute approximate surface area is 88.1 Å². The smallest absolute Gasteiger partial charge is 0.247 e. The van der Waals surface area contributed by atoms with E-state index in [0.29, 0.717) is 5.69 Å². The first-order valence-electron chi connectivity index (χ1n) is 4.34. The molecule has 1 aromatic carbocycles. The number of para-hydroxylation sites is 1. The molecule has 0 saturated carbocycles. The standard InChI is InChI=1S/C12H10NO2/c1-2-12(15)13-11-8-4-3-6-10(11)7-5-9-14/h2-8H,1H2,(H,13,15)/b7-5+. The van der Waals surface area contributed by atoms with Crippen molar-refractivity contribution in [1.29, 1.82) is 0 Å². The van der Waals surface area contributed by atoms with E-state index in [0.717, 1.165) is 5.56 Å². The van der Waals surface area contributed by atoms with Gasteiger partial charge in [-0.05, 0) is 29.9 Å². The molecule has 0 aliphatic heterocycles. The molecule has 1 amide bonds. The van der Waals surface area contributed by atoms with E-state index in [-0.39, 0.29) is 5.91 Å². The third-order valence-electron chi connectivity index (χ3n) is 1.73. The van der Waals surface area contributed by atoms with E-state index in [2.05, 4.69) is 11.9 Å². The van der Waals surface area contributed by atoms with Gasteiger partial charge in [0, 0.05) is 5.69 Å². The molecule has 0 unspecified atom stereocenters. The molecule has 0 aliphatic rings. The van der Waals surface area contributed by atoms with E-state index in [1.54, 1.807) is 30.6 Å². The van der Waals surface area contributed by atoms with Gasteiger partial charge < -0.3 is 5.32 Å². The summed E-state index contributed by atoms with van der Waals surface area (Å²) in [6.45, 7) is 3.36. The Bertz CT molecular complexity index is 408. The van der Waals surface area contributed by atoms with E-state index in [1.807, 2.05) is 6.07 Å². The van der Waals surface area contributed by atoms with Crippen molar-refractivity contribution in [3.63, 3.8) is 0 Å². The van der Waals surface area contributed by atoms with Crippen LogP contribution in [-0.4, -0.2) is 12.2 Å². The number of carbonyl (C=O) groups excluding carboxylic acids is 2. The van der Waals surface area contributed by atoms with Gasteiger partial charge in [0.1, 0.15) is 0 Å². The second-order valence-electron chi connectivity index (χ2n) is 2.73. The van der Waals surface area contributed by atoms with Crippen LogP contribution in [0.2, 0.25) is 0 Å². The zero-order valence-electron chi connectivity index (χ0n) is 8.07. The summed E-state index contributed by atoms with van der Waals surface area (Å²) in [5.74, 6) is -0.286. The maximum absolute atomic E-state index is 11.1. The van der Waals surface area contributed by atoms with Crippen LogP contribution < -0.4 is 5.32 Å². The molecule has 0 heterocycles. The van der Waals surface area contributed by atoms with Gasteiger partial charge in [0.05, 0.1) is 0 Å². The average Bonchev–Trinajstić information content (AvgIpc) is 2.28. The minimum Gasteiger partial charge on any atom is -0.322 e. The SMILES string of the molecule is C=CC(=O)Nc1ccccc1/C=C/[C]=O. The molecule has 0 bridgehead atoms. The van der Waals surface area contributed by atoms with E-state index < -0.39 is 0 Å². The van der Waals surface area contributed by atoms with Crippen molar-refractivity contribution < 1.29 is 9.59 Å². The summed E-state index contributed by atoms with van der Waals surface area (Å²) in [7, 11) is 0. The van der Waals surface area contributed by atoms with Crippen LogP contribution in [0.25, 0.3) is 6.08 Å². The second kappa shape index (κ2) is 5.54. The highest BCUT2D eigenvalue weighted by molar-refractivity contribution is 6.00. The summed E-state index contributed by atoms with van der Waals surface area (Å²) in [5, 5.41) is 2.63. The fourth-order valence-corrected chi connectivity index (χ4v) is 1.06. The second-order valence-corrected chi connectivity index (χ2v) is 2.73. The van der Waals surface area contributed by atoms with Gasteiger partial charge in [0.2, 0.25) is 12.2 Å². The molecule has 1 aromatic rings. The van der Waals surface area contributed by atoms with Crippen molar-refractivity contribution in [1.82, 2.24) is 0 Å². The topological polar surface area (TPSA) is 46.2 Å². The summed E-state index contributed by atoms with van der Waals surface area (Å²) in [6.07, 6.45) is 5.66. The molecule has 1 N–H and O–H groups in total. The molecule has 0 saturated heterocycles. The molecule has 15 heavy (non-hydrogen) atoms. The lowest BCUT2D eigenvalue weighted by atomic mass is 10.1. The fourth-order valence-electron chi connectivity index (χ4n) is 1.06. The summed E-state index contributed by atoms with van der Waals surface area (Å²) >= 11 is 0. The monoisotopic (exact) mass is 200 g/mol. The summed E-state index contributed by atoms with van der Waals surface area (Å²) in [5.41, 5.74) is 1.38. The lowest BCUT2D eigenvalue weighted by Gasteiger charge is -2.05. The average molecular weight is 200 g/mol. The highest BCUT2D eigenvalue weighted by Gasteiger charge is 2.00. The molecule has 3 heteroatoms. The van der Waals surface area contributed by atoms with Crippen LogP contribution in [-0.2, 0) is 9.59 Å². The summed E-state index contributed by atoms with van der Waals surface area (Å²) in [4.78, 5) is 21.1. The highest BCUT2D eigenvalue weighted by Crippen LogP contribution is 2.16. The molecule has 0 aliphatic carbocycles. The van der Waals surface area contributed by atoms with Gasteiger partial charge in [-0.1, -0.05) is 24.8 Å². The predicted molar refractivity (Wildman–Crippen MR) is 60.0 cm³/mol. The quantitative estimate of drug-likeness (QED) is 0.755. The minimum atomic E-state index is -0.286. The number of benzene rings is 1. The molecule has 0 atom stereocenters. The first-order valence-corrected chi connectivity index (χ1v) is 4.34. The highest BCUT2D eigenvalue weighted by atomic mass is 16.1. The molecule has 1 rings (SSSR count). The Morgan fingerprint density at radius 2 is 2.13 bits per heavy atom. The Morgan fingerprint density at radius 3 is 2.80 bits per heavy atom. The maximum atomic E-state index is 11.1. The lowest BCUT2D eigenvalue weighted by Crippen LogP contribution is -2.08. The van der Waals surface area contributed by atoms with Crippen LogP contribution in [0, 0.1) is 0 Å². The van der Waals surface area contributed by atoms with Crippen molar-refractivity contribution in [2.24, 2.45) is 0 Å². The van der Waals surface area contributed by atoms with Crippen LogP contribution in [0.5, 0.6) is 0 Å². The van der Waals surface area contributed by atoms with Gasteiger partial charge in [-0.25, -0.2) is 0 Å². The number of anilines is 1. The number of carbonyl (C=O) groups is 1. The number of hydrogen-bond donors (Lipinski definition) is 1. The third kappa shape index (κ3) is 3.23. The Kier molecular flexibility index (Phi) is 4.04. The normalized spacial score (nSPS) is 9.87. The van der Waals surface area contributed by atoms with Gasteiger partial charge in [0.15, 0.2) is 0 Å². The number of hydrogen-bond acceptors (Lipinski definition) is 2. The molecular weight excluding hydrogens is 190 g/mol. The maximum Gasteiger partial charge on any atom is 0.247 e. The van der Waals surface area contributed by atoms with Gasteiger partial charge in [-0.3, -0.25) is 9.59 Å². The first-order chi connectivity index (χ1) is 7.27. The van der Waals surface area contributed by atoms with E-state index in [9.17, 15) is 9.59 Å². The van der Waals surface area contributed by atoms with E-state index in [4.69, 9.17) is 0 Å². The van der Waals surface area contributed by atoms with Crippen LogP contribution in [0.1, 0.15) is 5.56 Å². The third-order valence-corrected chi connectivity index (χ3v) is 1.73. The number of amides is 1. The zero-order chi connectivity index (χ0) is 11.1. The molecule has 1 radical (unpaired) electrons. The van der Waals surface area contributed by atoms with Crippen molar-refractivity contribution in [3.8, 4) is 0 Å². The van der Waals surface area contributed by atoms with Crippen molar-refractivity contribution in [3.05, 3.63) is 48.6 Å². The number of allylic oxidation sites excluding steroid dienone is 1. The van der Waals surface area contributed by atoms with Gasteiger partial charge in [-0.15, -0.1) is 0 Å². The van der Waals surface area contributed by atoms with Crippen LogP contribution in [0.15, 0.2) is 43.0 Å².